The molecule has 0 saturated carbocycles. The molecule has 0 spiro atoms. The van der Waals surface area contributed by atoms with Crippen LogP contribution in [0.15, 0.2) is 48.5 Å². The van der Waals surface area contributed by atoms with Crippen LogP contribution in [0, 0.1) is 6.92 Å². The summed E-state index contributed by atoms with van der Waals surface area (Å²) in [5, 5.41) is 0. The van der Waals surface area contributed by atoms with Gasteiger partial charge in [0.2, 0.25) is 10.0 Å². The van der Waals surface area contributed by atoms with E-state index in [0.717, 1.165) is 22.4 Å². The largest absolute Gasteiger partial charge is 0.444 e. The molecule has 0 N–H and O–H groups in total. The number of carbonyl (C=O) groups is 1. The summed E-state index contributed by atoms with van der Waals surface area (Å²) in [7, 11) is -3.37. The minimum Gasteiger partial charge on any atom is -0.444 e. The Morgan fingerprint density at radius 1 is 1.07 bits per heavy atom. The first-order chi connectivity index (χ1) is 13.4. The number of fused-ring (bicyclic) bond motifs is 1. The molecular weight excluding hydrogens is 376 g/mol. The topological polar surface area (TPSA) is 66.9 Å². The third-order valence-electron chi connectivity index (χ3n) is 5.42. The number of rotatable bonds is 4. The molecule has 0 atom stereocenters. The van der Waals surface area contributed by atoms with Crippen LogP contribution in [0.1, 0.15) is 29.5 Å². The number of cyclic esters (lactones) is 1. The molecule has 0 aromatic heterocycles. The fourth-order valence-corrected chi connectivity index (χ4v) is 5.54. The second-order valence-electron chi connectivity index (χ2n) is 7.43. The van der Waals surface area contributed by atoms with Gasteiger partial charge in [-0.15, -0.1) is 0 Å². The molecule has 6 nitrogen and oxygen atoms in total. The van der Waals surface area contributed by atoms with E-state index in [0.29, 0.717) is 25.9 Å². The lowest BCUT2D eigenvalue weighted by atomic mass is 10.0. The molecule has 2 aromatic carbocycles. The van der Waals surface area contributed by atoms with Gasteiger partial charge in [-0.25, -0.2) is 17.5 Å². The van der Waals surface area contributed by atoms with Gasteiger partial charge in [-0.2, -0.15) is 0 Å². The summed E-state index contributed by atoms with van der Waals surface area (Å²) in [4.78, 5) is 14.1. The summed E-state index contributed by atoms with van der Waals surface area (Å²) in [5.74, 6) is 0.00632. The van der Waals surface area contributed by atoms with E-state index in [4.69, 9.17) is 4.74 Å². The molecule has 2 aliphatic rings. The molecule has 0 aliphatic carbocycles. The highest BCUT2D eigenvalue weighted by molar-refractivity contribution is 7.88. The Hall–Kier alpha value is -2.38. The van der Waals surface area contributed by atoms with Crippen LogP contribution in [-0.4, -0.2) is 37.9 Å². The van der Waals surface area contributed by atoms with Crippen molar-refractivity contribution in [2.45, 2.75) is 38.2 Å². The fraction of sp³-hybridized carbons (Fsp3) is 0.381. The third-order valence-corrected chi connectivity index (χ3v) is 7.27. The van der Waals surface area contributed by atoms with Crippen LogP contribution in [0.5, 0.6) is 0 Å². The summed E-state index contributed by atoms with van der Waals surface area (Å²) in [6.07, 6.45) is 0.842. The Balaban J connectivity index is 1.46. The molecule has 2 aliphatic heterocycles. The minimum atomic E-state index is -3.37. The van der Waals surface area contributed by atoms with E-state index in [9.17, 15) is 13.2 Å². The molecule has 7 heteroatoms. The van der Waals surface area contributed by atoms with Crippen molar-refractivity contribution in [2.24, 2.45) is 0 Å². The van der Waals surface area contributed by atoms with E-state index >= 15 is 0 Å². The highest BCUT2D eigenvalue weighted by Gasteiger charge is 2.36. The lowest BCUT2D eigenvalue weighted by Crippen LogP contribution is -2.50. The van der Waals surface area contributed by atoms with Crippen molar-refractivity contribution in [3.63, 3.8) is 0 Å². The van der Waals surface area contributed by atoms with Crippen molar-refractivity contribution in [3.8, 4) is 0 Å². The first kappa shape index (κ1) is 19.0. The van der Waals surface area contributed by atoms with Gasteiger partial charge in [0.1, 0.15) is 6.61 Å². The predicted molar refractivity (Wildman–Crippen MR) is 108 cm³/mol. The van der Waals surface area contributed by atoms with E-state index in [1.807, 2.05) is 55.5 Å². The summed E-state index contributed by atoms with van der Waals surface area (Å²) in [6.45, 7) is 3.11. The van der Waals surface area contributed by atoms with Gasteiger partial charge in [-0.1, -0.05) is 48.0 Å². The van der Waals surface area contributed by atoms with Crippen LogP contribution in [0.4, 0.5) is 10.5 Å². The van der Waals surface area contributed by atoms with Crippen LogP contribution in [-0.2, 0) is 27.1 Å². The summed E-state index contributed by atoms with van der Waals surface area (Å²) in [6, 6.07) is 15.1. The SMILES string of the molecule is Cc1ccc2c(c1)COC(=O)N2C1CCN(S(=O)(=O)Cc2ccccc2)CC1. The average molecular weight is 401 g/mol. The molecule has 0 radical (unpaired) electrons. The Morgan fingerprint density at radius 3 is 2.50 bits per heavy atom. The number of amides is 1. The smallest absolute Gasteiger partial charge is 0.414 e. The number of ether oxygens (including phenoxy) is 1. The lowest BCUT2D eigenvalue weighted by Gasteiger charge is -2.39. The number of aryl methyl sites for hydroxylation is 1. The number of sulfonamides is 1. The molecule has 2 heterocycles. The Labute approximate surface area is 165 Å². The highest BCUT2D eigenvalue weighted by Crippen LogP contribution is 2.33. The van der Waals surface area contributed by atoms with Crippen molar-refractivity contribution in [2.75, 3.05) is 18.0 Å². The van der Waals surface area contributed by atoms with Gasteiger partial charge in [0.25, 0.3) is 0 Å². The van der Waals surface area contributed by atoms with Crippen molar-refractivity contribution in [1.82, 2.24) is 4.31 Å². The number of piperidine rings is 1. The zero-order valence-corrected chi connectivity index (χ0v) is 16.7. The maximum Gasteiger partial charge on any atom is 0.414 e. The second kappa shape index (κ2) is 7.56. The fourth-order valence-electron chi connectivity index (χ4n) is 3.97. The number of nitrogens with zero attached hydrogens (tertiary/aromatic N) is 2. The Morgan fingerprint density at radius 2 is 1.79 bits per heavy atom. The quantitative estimate of drug-likeness (QED) is 0.788. The number of hydrogen-bond acceptors (Lipinski definition) is 4. The predicted octanol–water partition coefficient (Wildman–Crippen LogP) is 3.45. The van der Waals surface area contributed by atoms with Gasteiger partial charge in [-0.05, 0) is 31.4 Å². The summed E-state index contributed by atoms with van der Waals surface area (Å²) < 4.78 is 32.4. The number of hydrogen-bond donors (Lipinski definition) is 0. The number of benzene rings is 2. The van der Waals surface area contributed by atoms with Crippen LogP contribution in [0.25, 0.3) is 0 Å². The third kappa shape index (κ3) is 3.77. The van der Waals surface area contributed by atoms with Crippen molar-refractivity contribution in [1.29, 1.82) is 0 Å². The van der Waals surface area contributed by atoms with Gasteiger partial charge >= 0.3 is 6.09 Å². The Bertz CT molecular complexity index is 967. The van der Waals surface area contributed by atoms with Gasteiger partial charge < -0.3 is 4.74 Å². The average Bonchev–Trinajstić information content (AvgIpc) is 2.69. The molecule has 0 bridgehead atoms. The van der Waals surface area contributed by atoms with Crippen LogP contribution in [0.2, 0.25) is 0 Å². The zero-order chi connectivity index (χ0) is 19.7. The monoisotopic (exact) mass is 400 g/mol. The molecule has 1 amide bonds. The first-order valence-corrected chi connectivity index (χ1v) is 11.1. The lowest BCUT2D eigenvalue weighted by molar-refractivity contribution is 0.135. The standard InChI is InChI=1S/C21H24N2O4S/c1-16-7-8-20-18(13-16)14-27-21(24)23(20)19-9-11-22(12-10-19)28(25,26)15-17-5-3-2-4-6-17/h2-8,13,19H,9-12,14-15H2,1H3. The molecule has 4 rings (SSSR count). The van der Waals surface area contributed by atoms with Crippen LogP contribution >= 0.6 is 0 Å². The molecule has 28 heavy (non-hydrogen) atoms. The van der Waals surface area contributed by atoms with Crippen molar-refractivity contribution >= 4 is 21.8 Å². The van der Waals surface area contributed by atoms with Crippen LogP contribution < -0.4 is 4.90 Å². The molecule has 1 saturated heterocycles. The maximum absolute atomic E-state index is 12.8. The van der Waals surface area contributed by atoms with Gasteiger partial charge in [-0.3, -0.25) is 4.90 Å². The van der Waals surface area contributed by atoms with Gasteiger partial charge in [0.15, 0.2) is 0 Å². The van der Waals surface area contributed by atoms with Gasteiger partial charge in [0, 0.05) is 24.7 Å². The van der Waals surface area contributed by atoms with E-state index < -0.39 is 10.0 Å². The summed E-state index contributed by atoms with van der Waals surface area (Å²) in [5.41, 5.74) is 3.79. The van der Waals surface area contributed by atoms with Crippen molar-refractivity contribution in [3.05, 3.63) is 65.2 Å². The van der Waals surface area contributed by atoms with E-state index in [1.165, 1.54) is 0 Å². The number of anilines is 1. The van der Waals surface area contributed by atoms with E-state index in [-0.39, 0.29) is 24.5 Å². The van der Waals surface area contributed by atoms with Crippen LogP contribution in [0.3, 0.4) is 0 Å². The molecule has 0 unspecified atom stereocenters. The normalized spacial score (nSPS) is 18.6. The van der Waals surface area contributed by atoms with E-state index in [2.05, 4.69) is 0 Å². The molecule has 2 aromatic rings. The molecule has 148 valence electrons. The zero-order valence-electron chi connectivity index (χ0n) is 15.9. The first-order valence-electron chi connectivity index (χ1n) is 9.51. The molecular formula is C21H24N2O4S. The highest BCUT2D eigenvalue weighted by atomic mass is 32.2. The van der Waals surface area contributed by atoms with E-state index in [1.54, 1.807) is 9.21 Å². The van der Waals surface area contributed by atoms with Gasteiger partial charge in [0.05, 0.1) is 11.4 Å². The second-order valence-corrected chi connectivity index (χ2v) is 9.40. The summed E-state index contributed by atoms with van der Waals surface area (Å²) >= 11 is 0. The number of carbonyl (C=O) groups excluding carboxylic acids is 1. The van der Waals surface area contributed by atoms with Crippen molar-refractivity contribution < 1.29 is 17.9 Å². The Kier molecular flexibility index (Phi) is 5.12. The maximum atomic E-state index is 12.8. The molecule has 1 fully saturated rings. The minimum absolute atomic E-state index is 0.00632.